The predicted octanol–water partition coefficient (Wildman–Crippen LogP) is -0.0188. The molecule has 1 heterocycles. The topological polar surface area (TPSA) is 80.7 Å². The molecule has 0 aromatic heterocycles. The molecule has 1 fully saturated rings. The third-order valence-corrected chi connectivity index (χ3v) is 4.78. The number of hydrogen-bond donors (Lipinski definition) is 1. The van der Waals surface area contributed by atoms with E-state index < -0.39 is 27.3 Å². The highest BCUT2D eigenvalue weighted by atomic mass is 32.2. The average molecular weight is 250 g/mol. The Labute approximate surface area is 95.7 Å². The van der Waals surface area contributed by atoms with E-state index >= 15 is 0 Å². The van der Waals surface area contributed by atoms with Crippen molar-refractivity contribution in [1.82, 2.24) is 0 Å². The van der Waals surface area contributed by atoms with Gasteiger partial charge in [0.1, 0.15) is 0 Å². The monoisotopic (exact) mass is 250 g/mol. The smallest absolute Gasteiger partial charge is 0.311 e. The van der Waals surface area contributed by atoms with Gasteiger partial charge < -0.3 is 9.84 Å². The highest BCUT2D eigenvalue weighted by molar-refractivity contribution is 7.91. The Balaban J connectivity index is 3.00. The number of hydrogen-bond acceptors (Lipinski definition) is 5. The molecule has 0 bridgehead atoms. The summed E-state index contributed by atoms with van der Waals surface area (Å²) in [5.74, 6) is -1.91. The Hall–Kier alpha value is -0.620. The summed E-state index contributed by atoms with van der Waals surface area (Å²) in [5, 5.41) is 10.3. The third kappa shape index (κ3) is 2.55. The fourth-order valence-electron chi connectivity index (χ4n) is 2.34. The summed E-state index contributed by atoms with van der Waals surface area (Å²) in [6.07, 6.45) is 0.104. The van der Waals surface area contributed by atoms with Crippen molar-refractivity contribution < 1.29 is 23.1 Å². The quantitative estimate of drug-likeness (QED) is 0.712. The minimum Gasteiger partial charge on any atom is -0.469 e. The minimum absolute atomic E-state index is 0.0658. The van der Waals surface area contributed by atoms with Crippen molar-refractivity contribution in [3.8, 4) is 0 Å². The van der Waals surface area contributed by atoms with Crippen LogP contribution in [0.25, 0.3) is 0 Å². The molecule has 0 spiro atoms. The molecule has 16 heavy (non-hydrogen) atoms. The number of carbonyl (C=O) groups is 1. The van der Waals surface area contributed by atoms with Gasteiger partial charge in [-0.1, -0.05) is 13.8 Å². The molecule has 1 rings (SSSR count). The van der Waals surface area contributed by atoms with Gasteiger partial charge >= 0.3 is 5.97 Å². The molecule has 1 N–H and O–H groups in total. The number of aliphatic hydroxyl groups is 1. The van der Waals surface area contributed by atoms with Crippen LogP contribution in [0.4, 0.5) is 0 Å². The number of ether oxygens (including phenoxy) is 1. The molecule has 0 aliphatic carbocycles. The lowest BCUT2D eigenvalue weighted by atomic mass is 9.79. The molecular formula is C10H18O5S. The van der Waals surface area contributed by atoms with Crippen LogP contribution < -0.4 is 0 Å². The second-order valence-electron chi connectivity index (χ2n) is 4.69. The van der Waals surface area contributed by atoms with Crippen LogP contribution in [0.1, 0.15) is 20.3 Å². The fraction of sp³-hybridized carbons (Fsp3) is 0.900. The second kappa shape index (κ2) is 4.33. The molecule has 5 nitrogen and oxygen atoms in total. The Bertz CT molecular complexity index is 373. The van der Waals surface area contributed by atoms with Gasteiger partial charge in [-0.25, -0.2) is 8.42 Å². The molecule has 94 valence electrons. The minimum atomic E-state index is -3.23. The number of rotatable bonds is 3. The molecule has 0 aromatic carbocycles. The third-order valence-electron chi connectivity index (χ3n) is 3.02. The van der Waals surface area contributed by atoms with Crippen molar-refractivity contribution in [3.63, 3.8) is 0 Å². The van der Waals surface area contributed by atoms with Crippen LogP contribution >= 0.6 is 0 Å². The van der Waals surface area contributed by atoms with Crippen LogP contribution in [0.3, 0.4) is 0 Å². The van der Waals surface area contributed by atoms with Crippen molar-refractivity contribution in [2.24, 2.45) is 11.8 Å². The van der Waals surface area contributed by atoms with E-state index in [0.29, 0.717) is 0 Å². The summed E-state index contributed by atoms with van der Waals surface area (Å²) in [6, 6.07) is 0. The molecule has 2 atom stereocenters. The average Bonchev–Trinajstić information content (AvgIpc) is 2.40. The SMILES string of the molecule is COC(=O)C(C(C)C)C1(O)CCS(=O)(=O)C1. The fourth-order valence-corrected chi connectivity index (χ4v) is 4.24. The van der Waals surface area contributed by atoms with E-state index in [1.165, 1.54) is 7.11 Å². The molecular weight excluding hydrogens is 232 g/mol. The van der Waals surface area contributed by atoms with E-state index in [1.807, 2.05) is 0 Å². The normalized spacial score (nSPS) is 30.3. The van der Waals surface area contributed by atoms with E-state index in [4.69, 9.17) is 0 Å². The van der Waals surface area contributed by atoms with E-state index in [1.54, 1.807) is 13.8 Å². The van der Waals surface area contributed by atoms with Crippen LogP contribution in [0.2, 0.25) is 0 Å². The molecule has 0 saturated carbocycles. The lowest BCUT2D eigenvalue weighted by Gasteiger charge is -2.32. The standard InChI is InChI=1S/C10H18O5S/c1-7(2)8(9(11)15-3)10(12)4-5-16(13,14)6-10/h7-8,12H,4-6H2,1-3H3. The molecule has 0 aromatic rings. The lowest BCUT2D eigenvalue weighted by molar-refractivity contribution is -0.157. The Morgan fingerprint density at radius 3 is 2.31 bits per heavy atom. The first-order valence-electron chi connectivity index (χ1n) is 5.22. The molecule has 2 unspecified atom stereocenters. The van der Waals surface area contributed by atoms with E-state index in [0.717, 1.165) is 0 Å². The predicted molar refractivity (Wildman–Crippen MR) is 58.6 cm³/mol. The summed E-state index contributed by atoms with van der Waals surface area (Å²) in [7, 11) is -1.99. The van der Waals surface area contributed by atoms with Gasteiger partial charge in [-0.05, 0) is 12.3 Å². The summed E-state index contributed by atoms with van der Waals surface area (Å²) in [5.41, 5.74) is -1.47. The van der Waals surface area contributed by atoms with E-state index in [2.05, 4.69) is 4.74 Å². The van der Waals surface area contributed by atoms with Crippen LogP contribution in [0.15, 0.2) is 0 Å². The van der Waals surface area contributed by atoms with Gasteiger partial charge in [0.25, 0.3) is 0 Å². The van der Waals surface area contributed by atoms with Crippen molar-refractivity contribution in [2.45, 2.75) is 25.9 Å². The van der Waals surface area contributed by atoms with Gasteiger partial charge in [0.05, 0.1) is 30.1 Å². The maximum absolute atomic E-state index is 11.6. The lowest BCUT2D eigenvalue weighted by Crippen LogP contribution is -2.46. The zero-order chi connectivity index (χ0) is 12.6. The van der Waals surface area contributed by atoms with Crippen LogP contribution in [-0.4, -0.2) is 43.7 Å². The number of esters is 1. The Morgan fingerprint density at radius 2 is 2.00 bits per heavy atom. The first-order chi connectivity index (χ1) is 7.22. The van der Waals surface area contributed by atoms with Crippen molar-refractivity contribution >= 4 is 15.8 Å². The van der Waals surface area contributed by atoms with Gasteiger partial charge in [-0.15, -0.1) is 0 Å². The molecule has 1 aliphatic heterocycles. The van der Waals surface area contributed by atoms with Crippen molar-refractivity contribution in [1.29, 1.82) is 0 Å². The van der Waals surface area contributed by atoms with Gasteiger partial charge in [0.15, 0.2) is 9.84 Å². The summed E-state index contributed by atoms with van der Waals surface area (Å²) >= 11 is 0. The maximum atomic E-state index is 11.6. The van der Waals surface area contributed by atoms with Gasteiger partial charge in [-0.3, -0.25) is 4.79 Å². The summed E-state index contributed by atoms with van der Waals surface area (Å²) < 4.78 is 27.4. The Morgan fingerprint density at radius 1 is 1.44 bits per heavy atom. The molecule has 0 amide bonds. The zero-order valence-electron chi connectivity index (χ0n) is 9.76. The molecule has 6 heteroatoms. The number of methoxy groups -OCH3 is 1. The first-order valence-corrected chi connectivity index (χ1v) is 7.04. The summed E-state index contributed by atoms with van der Waals surface area (Å²) in [4.78, 5) is 11.6. The summed E-state index contributed by atoms with van der Waals surface area (Å²) in [6.45, 7) is 3.54. The highest BCUT2D eigenvalue weighted by Crippen LogP contribution is 2.35. The van der Waals surface area contributed by atoms with Gasteiger partial charge in [0, 0.05) is 0 Å². The molecule has 0 radical (unpaired) electrons. The Kier molecular flexibility index (Phi) is 3.64. The largest absolute Gasteiger partial charge is 0.469 e. The van der Waals surface area contributed by atoms with Crippen LogP contribution in [0, 0.1) is 11.8 Å². The van der Waals surface area contributed by atoms with Gasteiger partial charge in [-0.2, -0.15) is 0 Å². The van der Waals surface area contributed by atoms with E-state index in [9.17, 15) is 18.3 Å². The molecule has 1 aliphatic rings. The number of sulfone groups is 1. The van der Waals surface area contributed by atoms with Crippen molar-refractivity contribution in [3.05, 3.63) is 0 Å². The zero-order valence-corrected chi connectivity index (χ0v) is 10.6. The van der Waals surface area contributed by atoms with Gasteiger partial charge in [0.2, 0.25) is 0 Å². The number of carbonyl (C=O) groups excluding carboxylic acids is 1. The maximum Gasteiger partial charge on any atom is 0.311 e. The van der Waals surface area contributed by atoms with Crippen LogP contribution in [-0.2, 0) is 19.4 Å². The van der Waals surface area contributed by atoms with E-state index in [-0.39, 0.29) is 23.8 Å². The van der Waals surface area contributed by atoms with Crippen molar-refractivity contribution in [2.75, 3.05) is 18.6 Å². The first kappa shape index (κ1) is 13.4. The molecule has 1 saturated heterocycles. The second-order valence-corrected chi connectivity index (χ2v) is 6.87. The van der Waals surface area contributed by atoms with Crippen LogP contribution in [0.5, 0.6) is 0 Å². The highest BCUT2D eigenvalue weighted by Gasteiger charge is 2.51.